The minimum Gasteiger partial charge on any atom is -0.235 e. The van der Waals surface area contributed by atoms with Crippen molar-refractivity contribution in [2.24, 2.45) is 0 Å². The summed E-state index contributed by atoms with van der Waals surface area (Å²) in [5, 5.41) is 18.1. The van der Waals surface area contributed by atoms with Crippen LogP contribution in [0.1, 0.15) is 11.1 Å². The molecule has 0 N–H and O–H groups in total. The number of fused-ring (bicyclic) bond motifs is 2. The second kappa shape index (κ2) is 3.80. The summed E-state index contributed by atoms with van der Waals surface area (Å²) < 4.78 is 0. The predicted molar refractivity (Wildman–Crippen MR) is 64.7 cm³/mol. The summed E-state index contributed by atoms with van der Waals surface area (Å²) >= 11 is 0. The van der Waals surface area contributed by atoms with Crippen LogP contribution in [0.15, 0.2) is 36.7 Å². The first-order valence-electron chi connectivity index (χ1n) is 5.30. The lowest BCUT2D eigenvalue weighted by atomic mass is 10.1. The van der Waals surface area contributed by atoms with Gasteiger partial charge in [-0.3, -0.25) is 0 Å². The van der Waals surface area contributed by atoms with E-state index in [0.29, 0.717) is 22.5 Å². The number of imidazole rings is 1. The Labute approximate surface area is 103 Å². The van der Waals surface area contributed by atoms with E-state index in [9.17, 15) is 5.26 Å². The molecular formula is C14H6N4. The Morgan fingerprint density at radius 1 is 0.889 bits per heavy atom. The molecule has 3 rings (SSSR count). The van der Waals surface area contributed by atoms with Crippen molar-refractivity contribution in [3.8, 4) is 34.7 Å². The number of hydrogen-bond donors (Lipinski definition) is 0. The van der Waals surface area contributed by atoms with Crippen molar-refractivity contribution in [2.75, 3.05) is 0 Å². The molecule has 0 unspecified atom stereocenters. The van der Waals surface area contributed by atoms with Crippen LogP contribution >= 0.6 is 0 Å². The Hall–Kier alpha value is -2.98. The van der Waals surface area contributed by atoms with Crippen LogP contribution in [0.4, 0.5) is 0 Å². The SMILES string of the molecule is N#Cc1cc2ccc3ncnc-3c(C#N)cc-2c1. The zero-order chi connectivity index (χ0) is 12.5. The van der Waals surface area contributed by atoms with Crippen molar-refractivity contribution in [3.05, 3.63) is 47.8 Å². The van der Waals surface area contributed by atoms with Crippen LogP contribution in [0.2, 0.25) is 0 Å². The monoisotopic (exact) mass is 230 g/mol. The Kier molecular flexibility index (Phi) is 2.15. The number of nitrogens with zero attached hydrogens (tertiary/aromatic N) is 4. The van der Waals surface area contributed by atoms with Gasteiger partial charge in [-0.2, -0.15) is 10.5 Å². The lowest BCUT2D eigenvalue weighted by Crippen LogP contribution is -1.84. The van der Waals surface area contributed by atoms with Gasteiger partial charge < -0.3 is 0 Å². The van der Waals surface area contributed by atoms with E-state index in [2.05, 4.69) is 22.1 Å². The van der Waals surface area contributed by atoms with Crippen LogP contribution in [0.5, 0.6) is 0 Å². The van der Waals surface area contributed by atoms with Crippen LogP contribution < -0.4 is 0 Å². The van der Waals surface area contributed by atoms with Gasteiger partial charge in [0.25, 0.3) is 0 Å². The molecule has 82 valence electrons. The van der Waals surface area contributed by atoms with Gasteiger partial charge in [-0.15, -0.1) is 0 Å². The van der Waals surface area contributed by atoms with Crippen LogP contribution in [0.25, 0.3) is 22.5 Å². The minimum atomic E-state index is 0.461. The van der Waals surface area contributed by atoms with Gasteiger partial charge >= 0.3 is 0 Å². The quantitative estimate of drug-likeness (QED) is 0.594. The minimum absolute atomic E-state index is 0.461. The highest BCUT2D eigenvalue weighted by molar-refractivity contribution is 5.75. The molecule has 0 radical (unpaired) electrons. The molecule has 0 aromatic carbocycles. The first-order chi connectivity index (χ1) is 8.81. The van der Waals surface area contributed by atoms with Gasteiger partial charge in [0.05, 0.1) is 22.9 Å². The fraction of sp³-hybridized carbons (Fsp3) is 0. The lowest BCUT2D eigenvalue weighted by molar-refractivity contribution is 1.33. The molecule has 18 heavy (non-hydrogen) atoms. The Morgan fingerprint density at radius 2 is 1.72 bits per heavy atom. The van der Waals surface area contributed by atoms with E-state index in [4.69, 9.17) is 5.26 Å². The second-order valence-corrected chi connectivity index (χ2v) is 3.88. The zero-order valence-corrected chi connectivity index (χ0v) is 9.25. The highest BCUT2D eigenvalue weighted by Gasteiger charge is 2.12. The van der Waals surface area contributed by atoms with E-state index < -0.39 is 0 Å². The molecular weight excluding hydrogens is 224 g/mol. The van der Waals surface area contributed by atoms with Crippen LogP contribution in [-0.4, -0.2) is 9.97 Å². The molecule has 0 saturated heterocycles. The number of nitriles is 2. The summed E-state index contributed by atoms with van der Waals surface area (Å²) in [6.07, 6.45) is 1.44. The van der Waals surface area contributed by atoms with E-state index in [1.54, 1.807) is 18.2 Å². The van der Waals surface area contributed by atoms with Gasteiger partial charge in [-0.05, 0) is 35.4 Å². The molecule has 0 fully saturated rings. The maximum absolute atomic E-state index is 9.19. The molecule has 2 aliphatic carbocycles. The lowest BCUT2D eigenvalue weighted by Gasteiger charge is -1.98. The van der Waals surface area contributed by atoms with Crippen LogP contribution in [0, 0.1) is 22.7 Å². The van der Waals surface area contributed by atoms with Crippen molar-refractivity contribution in [1.29, 1.82) is 10.5 Å². The first-order valence-corrected chi connectivity index (χ1v) is 5.30. The van der Waals surface area contributed by atoms with Crippen LogP contribution in [-0.2, 0) is 0 Å². The average Bonchev–Trinajstić information content (AvgIpc) is 2.97. The number of aromatic nitrogens is 2. The summed E-state index contributed by atoms with van der Waals surface area (Å²) in [4.78, 5) is 8.19. The third kappa shape index (κ3) is 1.45. The molecule has 4 heteroatoms. The van der Waals surface area contributed by atoms with Gasteiger partial charge in [0.2, 0.25) is 0 Å². The smallest absolute Gasteiger partial charge is 0.116 e. The maximum atomic E-state index is 9.19. The van der Waals surface area contributed by atoms with E-state index in [1.807, 2.05) is 12.1 Å². The second-order valence-electron chi connectivity index (χ2n) is 3.88. The average molecular weight is 230 g/mol. The molecule has 4 nitrogen and oxygen atoms in total. The number of hydrogen-bond acceptors (Lipinski definition) is 4. The third-order valence-electron chi connectivity index (χ3n) is 2.81. The Balaban J connectivity index is 2.40. The highest BCUT2D eigenvalue weighted by atomic mass is 14.9. The fourth-order valence-corrected chi connectivity index (χ4v) is 1.96. The predicted octanol–water partition coefficient (Wildman–Crippen LogP) is 2.43. The molecule has 1 aliphatic heterocycles. The molecule has 0 bridgehead atoms. The standard InChI is InChI=1S/C14H6N4/c15-6-9-3-10-1-2-13-14(18-8-17-13)12(7-16)5-11(10)4-9/h1-5,8H. The van der Waals surface area contributed by atoms with Crippen molar-refractivity contribution in [2.45, 2.75) is 0 Å². The maximum Gasteiger partial charge on any atom is 0.116 e. The third-order valence-corrected chi connectivity index (χ3v) is 2.81. The van der Waals surface area contributed by atoms with Crippen molar-refractivity contribution in [3.63, 3.8) is 0 Å². The molecule has 0 atom stereocenters. The summed E-state index contributed by atoms with van der Waals surface area (Å²) in [6.45, 7) is 0. The van der Waals surface area contributed by atoms with Crippen molar-refractivity contribution in [1.82, 2.24) is 9.97 Å². The van der Waals surface area contributed by atoms with E-state index in [0.717, 1.165) is 11.1 Å². The van der Waals surface area contributed by atoms with Gasteiger partial charge in [0.15, 0.2) is 0 Å². The summed E-state index contributed by atoms with van der Waals surface area (Å²) in [5.41, 5.74) is 4.07. The van der Waals surface area contributed by atoms with Gasteiger partial charge in [0, 0.05) is 0 Å². The molecule has 0 spiro atoms. The van der Waals surface area contributed by atoms with Crippen molar-refractivity contribution < 1.29 is 0 Å². The normalized spacial score (nSPS) is 10.1. The van der Waals surface area contributed by atoms with Gasteiger partial charge in [-0.25, -0.2) is 9.97 Å². The van der Waals surface area contributed by atoms with Crippen molar-refractivity contribution >= 4 is 0 Å². The molecule has 0 saturated carbocycles. The Bertz CT molecular complexity index is 764. The largest absolute Gasteiger partial charge is 0.235 e. The van der Waals surface area contributed by atoms with Gasteiger partial charge in [-0.1, -0.05) is 6.07 Å². The fourth-order valence-electron chi connectivity index (χ4n) is 1.96. The molecule has 0 aromatic heterocycles. The summed E-state index contributed by atoms with van der Waals surface area (Å²) in [5.74, 6) is 0. The molecule has 0 amide bonds. The molecule has 0 aromatic rings. The Morgan fingerprint density at radius 3 is 2.50 bits per heavy atom. The van der Waals surface area contributed by atoms with E-state index in [1.165, 1.54) is 6.33 Å². The van der Waals surface area contributed by atoms with Gasteiger partial charge in [0.1, 0.15) is 18.1 Å². The van der Waals surface area contributed by atoms with Crippen LogP contribution in [0.3, 0.4) is 0 Å². The highest BCUT2D eigenvalue weighted by Crippen LogP contribution is 2.29. The summed E-state index contributed by atoms with van der Waals surface area (Å²) in [7, 11) is 0. The molecule has 1 heterocycles. The topological polar surface area (TPSA) is 73.4 Å². The number of rotatable bonds is 0. The van der Waals surface area contributed by atoms with E-state index in [-0.39, 0.29) is 0 Å². The summed E-state index contributed by atoms with van der Waals surface area (Å²) in [6, 6.07) is 13.2. The zero-order valence-electron chi connectivity index (χ0n) is 9.25. The first kappa shape index (κ1) is 10.2. The van der Waals surface area contributed by atoms with E-state index >= 15 is 0 Å². The molecule has 3 aliphatic rings.